The van der Waals surface area contributed by atoms with Gasteiger partial charge in [-0.1, -0.05) is 24.3 Å². The van der Waals surface area contributed by atoms with Crippen molar-refractivity contribution >= 4 is 27.3 Å². The quantitative estimate of drug-likeness (QED) is 0.764. The Balaban J connectivity index is 2.02. The van der Waals surface area contributed by atoms with Crippen molar-refractivity contribution < 1.29 is 22.3 Å². The molecule has 26 heavy (non-hydrogen) atoms. The molecular weight excluding hydrogens is 359 g/mol. The molecule has 0 unspecified atom stereocenters. The van der Waals surface area contributed by atoms with Gasteiger partial charge in [0.05, 0.1) is 24.7 Å². The number of rotatable bonds is 8. The fraction of sp³-hybridized carbons (Fsp3) is 0.278. The number of para-hydroxylation sites is 3. The van der Waals surface area contributed by atoms with Crippen LogP contribution in [0.1, 0.15) is 12.8 Å². The zero-order chi connectivity index (χ0) is 19.2. The van der Waals surface area contributed by atoms with Gasteiger partial charge in [0.2, 0.25) is 15.9 Å². The highest BCUT2D eigenvalue weighted by Gasteiger charge is 2.20. The minimum atomic E-state index is -3.55. The van der Waals surface area contributed by atoms with Gasteiger partial charge in [-0.3, -0.25) is 9.10 Å². The van der Waals surface area contributed by atoms with E-state index in [2.05, 4.69) is 5.32 Å². The van der Waals surface area contributed by atoms with Crippen molar-refractivity contribution in [3.05, 3.63) is 54.3 Å². The molecule has 0 saturated carbocycles. The molecule has 0 saturated heterocycles. The second kappa shape index (κ2) is 8.66. The molecule has 2 aromatic rings. The number of ether oxygens (including phenoxy) is 1. The molecular formula is C18H21FN2O4S. The van der Waals surface area contributed by atoms with Crippen molar-refractivity contribution in [1.29, 1.82) is 0 Å². The lowest BCUT2D eigenvalue weighted by Gasteiger charge is -2.24. The molecule has 1 amide bonds. The summed E-state index contributed by atoms with van der Waals surface area (Å²) in [7, 11) is -2.09. The number of anilines is 2. The summed E-state index contributed by atoms with van der Waals surface area (Å²) in [6.45, 7) is 0.101. The SMILES string of the molecule is COc1ccccc1N(CCCC(=O)Nc1ccccc1F)S(C)(=O)=O. The van der Waals surface area contributed by atoms with Crippen LogP contribution in [0.4, 0.5) is 15.8 Å². The number of sulfonamides is 1. The number of methoxy groups -OCH3 is 1. The molecule has 1 N–H and O–H groups in total. The van der Waals surface area contributed by atoms with Crippen LogP contribution in [-0.4, -0.2) is 34.2 Å². The number of benzene rings is 2. The molecule has 0 aliphatic carbocycles. The molecule has 0 atom stereocenters. The maximum absolute atomic E-state index is 13.5. The molecule has 0 fully saturated rings. The highest BCUT2D eigenvalue weighted by molar-refractivity contribution is 7.92. The summed E-state index contributed by atoms with van der Waals surface area (Å²) in [5.41, 5.74) is 0.509. The van der Waals surface area contributed by atoms with Crippen LogP contribution in [0.3, 0.4) is 0 Å². The van der Waals surface area contributed by atoms with Crippen molar-refractivity contribution in [1.82, 2.24) is 0 Å². The minimum Gasteiger partial charge on any atom is -0.495 e. The Morgan fingerprint density at radius 3 is 2.46 bits per heavy atom. The average Bonchev–Trinajstić information content (AvgIpc) is 2.60. The van der Waals surface area contributed by atoms with E-state index in [4.69, 9.17) is 4.74 Å². The average molecular weight is 380 g/mol. The first kappa shape index (κ1) is 19.7. The summed E-state index contributed by atoms with van der Waals surface area (Å²) in [4.78, 5) is 12.0. The number of amides is 1. The van der Waals surface area contributed by atoms with Gasteiger partial charge >= 0.3 is 0 Å². The zero-order valence-corrected chi connectivity index (χ0v) is 15.4. The molecule has 8 heteroatoms. The summed E-state index contributed by atoms with van der Waals surface area (Å²) in [5.74, 6) is -0.482. The number of carbonyl (C=O) groups excluding carboxylic acids is 1. The third-order valence-electron chi connectivity index (χ3n) is 3.67. The third kappa shape index (κ3) is 5.19. The predicted molar refractivity (Wildman–Crippen MR) is 99.4 cm³/mol. The van der Waals surface area contributed by atoms with Crippen LogP contribution in [0, 0.1) is 5.82 Å². The minimum absolute atomic E-state index is 0.0511. The highest BCUT2D eigenvalue weighted by atomic mass is 32.2. The lowest BCUT2D eigenvalue weighted by molar-refractivity contribution is -0.116. The fourth-order valence-corrected chi connectivity index (χ4v) is 3.43. The normalized spacial score (nSPS) is 11.0. The largest absolute Gasteiger partial charge is 0.495 e. The van der Waals surface area contributed by atoms with Crippen LogP contribution in [0.5, 0.6) is 5.75 Å². The molecule has 0 heterocycles. The summed E-state index contributed by atoms with van der Waals surface area (Å²) >= 11 is 0. The summed E-state index contributed by atoms with van der Waals surface area (Å²) in [6.07, 6.45) is 1.42. The van der Waals surface area contributed by atoms with Crippen molar-refractivity contribution in [2.75, 3.05) is 29.5 Å². The van der Waals surface area contributed by atoms with E-state index in [1.165, 1.54) is 29.6 Å². The summed E-state index contributed by atoms with van der Waals surface area (Å²) in [5, 5.41) is 2.48. The van der Waals surface area contributed by atoms with Crippen molar-refractivity contribution in [3.8, 4) is 5.75 Å². The Labute approximate surface area is 152 Å². The summed E-state index contributed by atoms with van der Waals surface area (Å²) < 4.78 is 44.2. The fourth-order valence-electron chi connectivity index (χ4n) is 2.46. The lowest BCUT2D eigenvalue weighted by atomic mass is 10.2. The van der Waals surface area contributed by atoms with E-state index in [1.807, 2.05) is 0 Å². The number of halogens is 1. The van der Waals surface area contributed by atoms with Crippen LogP contribution in [0.2, 0.25) is 0 Å². The van der Waals surface area contributed by atoms with Gasteiger partial charge in [-0.05, 0) is 30.7 Å². The number of nitrogens with one attached hydrogen (secondary N) is 1. The van der Waals surface area contributed by atoms with E-state index >= 15 is 0 Å². The number of hydrogen-bond acceptors (Lipinski definition) is 4. The highest BCUT2D eigenvalue weighted by Crippen LogP contribution is 2.29. The number of nitrogens with zero attached hydrogens (tertiary/aromatic N) is 1. The Bertz CT molecular complexity index is 871. The van der Waals surface area contributed by atoms with E-state index in [1.54, 1.807) is 30.3 Å². The molecule has 0 bridgehead atoms. The van der Waals surface area contributed by atoms with Gasteiger partial charge in [-0.15, -0.1) is 0 Å². The second-order valence-corrected chi connectivity index (χ2v) is 7.55. The molecule has 0 radical (unpaired) electrons. The molecule has 0 spiro atoms. The van der Waals surface area contributed by atoms with E-state index < -0.39 is 15.8 Å². The lowest BCUT2D eigenvalue weighted by Crippen LogP contribution is -2.31. The number of carbonyl (C=O) groups is 1. The molecule has 2 rings (SSSR count). The van der Waals surface area contributed by atoms with Crippen molar-refractivity contribution in [2.24, 2.45) is 0 Å². The van der Waals surface area contributed by atoms with Gasteiger partial charge in [0.1, 0.15) is 11.6 Å². The van der Waals surface area contributed by atoms with Crippen molar-refractivity contribution in [2.45, 2.75) is 12.8 Å². The molecule has 140 valence electrons. The predicted octanol–water partition coefficient (Wildman–Crippen LogP) is 3.02. The van der Waals surface area contributed by atoms with E-state index in [0.29, 0.717) is 11.4 Å². The van der Waals surface area contributed by atoms with Gasteiger partial charge in [0.15, 0.2) is 0 Å². The monoisotopic (exact) mass is 380 g/mol. The maximum Gasteiger partial charge on any atom is 0.232 e. The Morgan fingerprint density at radius 2 is 1.81 bits per heavy atom. The molecule has 0 aliphatic heterocycles. The van der Waals surface area contributed by atoms with Gasteiger partial charge in [0, 0.05) is 13.0 Å². The van der Waals surface area contributed by atoms with Gasteiger partial charge in [-0.25, -0.2) is 12.8 Å². The van der Waals surface area contributed by atoms with E-state index in [0.717, 1.165) is 6.26 Å². The Morgan fingerprint density at radius 1 is 1.15 bits per heavy atom. The first-order valence-corrected chi connectivity index (χ1v) is 9.83. The van der Waals surface area contributed by atoms with Gasteiger partial charge in [0.25, 0.3) is 0 Å². The van der Waals surface area contributed by atoms with Crippen LogP contribution >= 0.6 is 0 Å². The molecule has 0 aromatic heterocycles. The first-order valence-electron chi connectivity index (χ1n) is 7.98. The third-order valence-corrected chi connectivity index (χ3v) is 4.85. The zero-order valence-electron chi connectivity index (χ0n) is 14.6. The van der Waals surface area contributed by atoms with Gasteiger partial charge < -0.3 is 10.1 Å². The Kier molecular flexibility index (Phi) is 6.57. The van der Waals surface area contributed by atoms with E-state index in [9.17, 15) is 17.6 Å². The summed E-state index contributed by atoms with van der Waals surface area (Å²) in [6, 6.07) is 12.6. The molecule has 2 aromatic carbocycles. The second-order valence-electron chi connectivity index (χ2n) is 5.64. The maximum atomic E-state index is 13.5. The standard InChI is InChI=1S/C18H21FN2O4S/c1-25-17-11-6-5-10-16(17)21(26(2,23)24)13-7-12-18(22)20-15-9-4-3-8-14(15)19/h3-6,8-11H,7,12-13H2,1-2H3,(H,20,22). The van der Waals surface area contributed by atoms with Crippen molar-refractivity contribution in [3.63, 3.8) is 0 Å². The topological polar surface area (TPSA) is 75.7 Å². The molecule has 6 nitrogen and oxygen atoms in total. The van der Waals surface area contributed by atoms with Crippen LogP contribution < -0.4 is 14.4 Å². The molecule has 0 aliphatic rings. The Hall–Kier alpha value is -2.61. The van der Waals surface area contributed by atoms with Crippen LogP contribution in [0.15, 0.2) is 48.5 Å². The first-order chi connectivity index (χ1) is 12.3. The van der Waals surface area contributed by atoms with E-state index in [-0.39, 0.29) is 31.0 Å². The number of hydrogen-bond donors (Lipinski definition) is 1. The smallest absolute Gasteiger partial charge is 0.232 e. The van der Waals surface area contributed by atoms with Gasteiger partial charge in [-0.2, -0.15) is 0 Å². The van der Waals surface area contributed by atoms with Crippen LogP contribution in [0.25, 0.3) is 0 Å². The van der Waals surface area contributed by atoms with Crippen LogP contribution in [-0.2, 0) is 14.8 Å².